The van der Waals surface area contributed by atoms with Crippen molar-refractivity contribution in [3.8, 4) is 0 Å². The van der Waals surface area contributed by atoms with Crippen LogP contribution in [0.5, 0.6) is 0 Å². The van der Waals surface area contributed by atoms with Crippen LogP contribution >= 0.6 is 0 Å². The summed E-state index contributed by atoms with van der Waals surface area (Å²) in [5.41, 5.74) is -0.852. The van der Waals surface area contributed by atoms with Gasteiger partial charge in [0.25, 0.3) is 0 Å². The third-order valence-corrected chi connectivity index (χ3v) is 1.09. The van der Waals surface area contributed by atoms with E-state index >= 15 is 0 Å². The highest BCUT2D eigenvalue weighted by molar-refractivity contribution is 5.81. The quantitative estimate of drug-likeness (QED) is 0.269. The van der Waals surface area contributed by atoms with E-state index in [0.29, 0.717) is 6.61 Å². The van der Waals surface area contributed by atoms with E-state index in [4.69, 9.17) is 5.26 Å². The predicted molar refractivity (Wildman–Crippen MR) is 38.9 cm³/mol. The summed E-state index contributed by atoms with van der Waals surface area (Å²) in [7, 11) is 0. The molecule has 0 spiro atoms. The van der Waals surface area contributed by atoms with Gasteiger partial charge in [0.05, 0.1) is 6.61 Å². The van der Waals surface area contributed by atoms with E-state index in [-0.39, 0.29) is 0 Å². The smallest absolute Gasteiger partial charge is 0.357 e. The molecule has 1 aliphatic heterocycles. The third-order valence-electron chi connectivity index (χ3n) is 1.09. The van der Waals surface area contributed by atoms with Gasteiger partial charge >= 0.3 is 5.97 Å². The molecule has 1 unspecified atom stereocenters. The molecule has 1 saturated heterocycles. The number of carbonyl (C=O) groups is 1. The summed E-state index contributed by atoms with van der Waals surface area (Å²) < 4.78 is 4.61. The Bertz CT molecular complexity index is 149. The normalized spacial score (nSPS) is 26.1. The van der Waals surface area contributed by atoms with Gasteiger partial charge in [0.15, 0.2) is 5.60 Å². The molecule has 0 radical (unpaired) electrons. The summed E-state index contributed by atoms with van der Waals surface area (Å²) >= 11 is 0. The molecule has 1 aliphatic rings. The highest BCUT2D eigenvalue weighted by atomic mass is 17.1. The van der Waals surface area contributed by atoms with Crippen molar-refractivity contribution in [1.29, 1.82) is 0 Å². The van der Waals surface area contributed by atoms with Gasteiger partial charge in [0, 0.05) is 0 Å². The average molecular weight is 160 g/mol. The molecule has 4 heteroatoms. The maximum Gasteiger partial charge on any atom is 0.375 e. The first kappa shape index (κ1) is 10.1. The average Bonchev–Trinajstić information content (AvgIpc) is 2.70. The Morgan fingerprint density at radius 1 is 1.91 bits per heavy atom. The number of hydrogen-bond donors (Lipinski definition) is 1. The van der Waals surface area contributed by atoms with E-state index in [1.54, 1.807) is 13.0 Å². The Morgan fingerprint density at radius 2 is 2.27 bits per heavy atom. The fraction of sp³-hybridized carbons (Fsp3) is 0.571. The standard InChI is InChI=1S/C4H6O4.C3H6/c1-4(2-7-4)3(5)8-6;1-3-2/h6H,2H2,1H3;3H,1H2,2H3. The lowest BCUT2D eigenvalue weighted by Crippen LogP contribution is -2.21. The van der Waals surface area contributed by atoms with E-state index < -0.39 is 11.6 Å². The van der Waals surface area contributed by atoms with Gasteiger partial charge in [-0.1, -0.05) is 6.08 Å². The molecule has 0 aromatic rings. The number of ether oxygens (including phenoxy) is 1. The van der Waals surface area contributed by atoms with Crippen LogP contribution in [0.25, 0.3) is 0 Å². The molecule has 1 rings (SSSR count). The van der Waals surface area contributed by atoms with Crippen molar-refractivity contribution in [1.82, 2.24) is 0 Å². The molecule has 0 amide bonds. The molecule has 0 aliphatic carbocycles. The lowest BCUT2D eigenvalue weighted by Gasteiger charge is -1.95. The summed E-state index contributed by atoms with van der Waals surface area (Å²) in [6.07, 6.45) is 1.75. The highest BCUT2D eigenvalue weighted by Crippen LogP contribution is 2.26. The van der Waals surface area contributed by atoms with Crippen molar-refractivity contribution < 1.29 is 19.7 Å². The van der Waals surface area contributed by atoms with Gasteiger partial charge in [0.1, 0.15) is 0 Å². The van der Waals surface area contributed by atoms with Gasteiger partial charge in [-0.3, -0.25) is 4.89 Å². The molecule has 0 bridgehead atoms. The highest BCUT2D eigenvalue weighted by Gasteiger charge is 2.49. The fourth-order valence-electron chi connectivity index (χ4n) is 0.323. The van der Waals surface area contributed by atoms with E-state index in [2.05, 4.69) is 16.2 Å². The Balaban J connectivity index is 0.000000292. The van der Waals surface area contributed by atoms with Crippen LogP contribution < -0.4 is 0 Å². The van der Waals surface area contributed by atoms with E-state index in [1.165, 1.54) is 0 Å². The van der Waals surface area contributed by atoms with Gasteiger partial charge in [-0.2, -0.15) is 5.26 Å². The van der Waals surface area contributed by atoms with Gasteiger partial charge in [-0.05, 0) is 13.8 Å². The fourth-order valence-corrected chi connectivity index (χ4v) is 0.323. The zero-order chi connectivity index (χ0) is 8.91. The Kier molecular flexibility index (Phi) is 3.78. The minimum atomic E-state index is -0.852. The minimum Gasteiger partial charge on any atom is -0.357 e. The molecular weight excluding hydrogens is 148 g/mol. The second kappa shape index (κ2) is 4.10. The van der Waals surface area contributed by atoms with Crippen LogP contribution in [-0.2, 0) is 14.4 Å². The van der Waals surface area contributed by atoms with E-state index in [0.717, 1.165) is 0 Å². The lowest BCUT2D eigenvalue weighted by atomic mass is 10.2. The molecule has 0 saturated carbocycles. The van der Waals surface area contributed by atoms with Crippen LogP contribution in [0, 0.1) is 0 Å². The molecule has 1 atom stereocenters. The van der Waals surface area contributed by atoms with Gasteiger partial charge < -0.3 is 4.74 Å². The third kappa shape index (κ3) is 3.15. The van der Waals surface area contributed by atoms with Crippen LogP contribution in [-0.4, -0.2) is 23.4 Å². The van der Waals surface area contributed by atoms with Crippen LogP contribution in [0.3, 0.4) is 0 Å². The first-order valence-electron chi connectivity index (χ1n) is 3.17. The SMILES string of the molecule is C=CC.CC1(C(=O)OO)CO1. The van der Waals surface area contributed by atoms with Crippen LogP contribution in [0.2, 0.25) is 0 Å². The molecule has 0 aromatic heterocycles. The Hall–Kier alpha value is -0.870. The summed E-state index contributed by atoms with van der Waals surface area (Å²) in [6.45, 7) is 7.14. The Labute approximate surface area is 65.4 Å². The predicted octanol–water partition coefficient (Wildman–Crippen LogP) is 0.984. The number of carbonyl (C=O) groups excluding carboxylic acids is 1. The molecule has 11 heavy (non-hydrogen) atoms. The maximum absolute atomic E-state index is 10.3. The zero-order valence-corrected chi connectivity index (χ0v) is 6.66. The van der Waals surface area contributed by atoms with Crippen molar-refractivity contribution in [2.24, 2.45) is 0 Å². The van der Waals surface area contributed by atoms with E-state index in [1.807, 2.05) is 6.92 Å². The second-order valence-electron chi connectivity index (χ2n) is 2.31. The molecule has 1 fully saturated rings. The first-order valence-corrected chi connectivity index (χ1v) is 3.17. The second-order valence-corrected chi connectivity index (χ2v) is 2.31. The van der Waals surface area contributed by atoms with Crippen molar-refractivity contribution in [2.45, 2.75) is 19.4 Å². The van der Waals surface area contributed by atoms with Crippen LogP contribution in [0.1, 0.15) is 13.8 Å². The molecule has 0 aromatic carbocycles. The minimum absolute atomic E-state index is 0.340. The van der Waals surface area contributed by atoms with Crippen molar-refractivity contribution in [2.75, 3.05) is 6.61 Å². The number of rotatable bonds is 1. The zero-order valence-electron chi connectivity index (χ0n) is 6.66. The molecule has 1 N–H and O–H groups in total. The van der Waals surface area contributed by atoms with Crippen LogP contribution in [0.15, 0.2) is 12.7 Å². The van der Waals surface area contributed by atoms with Crippen molar-refractivity contribution in [3.05, 3.63) is 12.7 Å². The largest absolute Gasteiger partial charge is 0.375 e. The summed E-state index contributed by atoms with van der Waals surface area (Å²) in [5.74, 6) is -0.725. The summed E-state index contributed by atoms with van der Waals surface area (Å²) in [4.78, 5) is 13.7. The monoisotopic (exact) mass is 160 g/mol. The van der Waals surface area contributed by atoms with Gasteiger partial charge in [0.2, 0.25) is 0 Å². The number of hydrogen-bond acceptors (Lipinski definition) is 4. The lowest BCUT2D eigenvalue weighted by molar-refractivity contribution is -0.239. The van der Waals surface area contributed by atoms with Crippen molar-refractivity contribution in [3.63, 3.8) is 0 Å². The molecule has 1 heterocycles. The van der Waals surface area contributed by atoms with Crippen LogP contribution in [0.4, 0.5) is 0 Å². The maximum atomic E-state index is 10.3. The van der Waals surface area contributed by atoms with E-state index in [9.17, 15) is 4.79 Å². The number of allylic oxidation sites excluding steroid dienone is 1. The van der Waals surface area contributed by atoms with Crippen molar-refractivity contribution >= 4 is 5.97 Å². The molecule has 4 nitrogen and oxygen atoms in total. The number of epoxide rings is 1. The van der Waals surface area contributed by atoms with Gasteiger partial charge in [-0.25, -0.2) is 4.79 Å². The Morgan fingerprint density at radius 3 is 2.36 bits per heavy atom. The molecule has 64 valence electrons. The van der Waals surface area contributed by atoms with Gasteiger partial charge in [-0.15, -0.1) is 6.58 Å². The first-order chi connectivity index (χ1) is 5.10. The summed E-state index contributed by atoms with van der Waals surface area (Å²) in [6, 6.07) is 0. The summed E-state index contributed by atoms with van der Waals surface area (Å²) in [5, 5.41) is 7.78. The molecular formula is C7H12O4. The topological polar surface area (TPSA) is 59.1 Å².